The Morgan fingerprint density at radius 2 is 1.80 bits per heavy atom. The second kappa shape index (κ2) is 7.96. The highest BCUT2D eigenvalue weighted by molar-refractivity contribution is 7.19. The lowest BCUT2D eigenvalue weighted by Gasteiger charge is -2.18. The first-order valence-corrected chi connectivity index (χ1v) is 8.85. The first kappa shape index (κ1) is 17.2. The van der Waals surface area contributed by atoms with Crippen LogP contribution in [-0.4, -0.2) is 22.8 Å². The number of carbonyl (C=O) groups excluding carboxylic acids is 1. The maximum absolute atomic E-state index is 12.1. The standard InChI is InChI=1S/C17H16ClN5OS/c1-2-23(14-6-4-3-5-7-14)17-22-21-16(25-17)20-15(24)19-13-10-8-12(18)9-11-13/h3-11H,2H2,1H3,(H2,19,20,21,24). The molecule has 0 radical (unpaired) electrons. The number of amides is 2. The second-order valence-corrected chi connectivity index (χ2v) is 6.45. The molecule has 3 aromatic rings. The maximum atomic E-state index is 12.1. The number of halogens is 1. The summed E-state index contributed by atoms with van der Waals surface area (Å²) in [5, 5.41) is 15.4. The molecule has 128 valence electrons. The SMILES string of the molecule is CCN(c1ccccc1)c1nnc(NC(=O)Nc2ccc(Cl)cc2)s1. The highest BCUT2D eigenvalue weighted by Crippen LogP contribution is 2.30. The van der Waals surface area contributed by atoms with Gasteiger partial charge in [-0.25, -0.2) is 4.79 Å². The summed E-state index contributed by atoms with van der Waals surface area (Å²) in [6, 6.07) is 16.4. The summed E-state index contributed by atoms with van der Waals surface area (Å²) in [5.41, 5.74) is 1.67. The van der Waals surface area contributed by atoms with Gasteiger partial charge in [0.25, 0.3) is 0 Å². The molecule has 2 amide bonds. The second-order valence-electron chi connectivity index (χ2n) is 5.06. The zero-order chi connectivity index (χ0) is 17.6. The van der Waals surface area contributed by atoms with Gasteiger partial charge in [0.05, 0.1) is 0 Å². The van der Waals surface area contributed by atoms with Crippen molar-refractivity contribution >= 4 is 50.6 Å². The van der Waals surface area contributed by atoms with Crippen LogP contribution in [0.2, 0.25) is 5.02 Å². The summed E-state index contributed by atoms with van der Waals surface area (Å²) in [4.78, 5) is 14.1. The number of aromatic nitrogens is 2. The summed E-state index contributed by atoms with van der Waals surface area (Å²) < 4.78 is 0. The molecule has 2 N–H and O–H groups in total. The van der Waals surface area contributed by atoms with Crippen molar-refractivity contribution in [2.75, 3.05) is 22.1 Å². The van der Waals surface area contributed by atoms with Gasteiger partial charge >= 0.3 is 6.03 Å². The number of urea groups is 1. The minimum Gasteiger partial charge on any atom is -0.317 e. The summed E-state index contributed by atoms with van der Waals surface area (Å²) in [5.74, 6) is 0. The lowest BCUT2D eigenvalue weighted by molar-refractivity contribution is 0.262. The molecular formula is C17H16ClN5OS. The third-order valence-electron chi connectivity index (χ3n) is 3.35. The molecule has 1 heterocycles. The minimum atomic E-state index is -0.382. The number of hydrogen-bond acceptors (Lipinski definition) is 5. The number of benzene rings is 2. The van der Waals surface area contributed by atoms with Crippen LogP contribution in [0.3, 0.4) is 0 Å². The molecular weight excluding hydrogens is 358 g/mol. The van der Waals surface area contributed by atoms with Gasteiger partial charge in [-0.2, -0.15) is 0 Å². The molecule has 0 aliphatic heterocycles. The average molecular weight is 374 g/mol. The highest BCUT2D eigenvalue weighted by atomic mass is 35.5. The Labute approximate surface area is 154 Å². The van der Waals surface area contributed by atoms with Gasteiger partial charge in [0.1, 0.15) is 0 Å². The van der Waals surface area contributed by atoms with Crippen LogP contribution in [0.4, 0.5) is 26.4 Å². The fourth-order valence-corrected chi connectivity index (χ4v) is 3.15. The van der Waals surface area contributed by atoms with Gasteiger partial charge in [0.2, 0.25) is 10.3 Å². The number of carbonyl (C=O) groups is 1. The van der Waals surface area contributed by atoms with E-state index in [0.29, 0.717) is 15.8 Å². The van der Waals surface area contributed by atoms with Crippen LogP contribution >= 0.6 is 22.9 Å². The molecule has 0 saturated heterocycles. The van der Waals surface area contributed by atoms with Crippen molar-refractivity contribution < 1.29 is 4.79 Å². The predicted octanol–water partition coefficient (Wildman–Crippen LogP) is 4.99. The van der Waals surface area contributed by atoms with Crippen LogP contribution in [-0.2, 0) is 0 Å². The molecule has 6 nitrogen and oxygen atoms in total. The van der Waals surface area contributed by atoms with E-state index in [2.05, 4.69) is 20.8 Å². The summed E-state index contributed by atoms with van der Waals surface area (Å²) in [6.07, 6.45) is 0. The molecule has 1 aromatic heterocycles. The van der Waals surface area contributed by atoms with Gasteiger partial charge in [0.15, 0.2) is 0 Å². The molecule has 8 heteroatoms. The lowest BCUT2D eigenvalue weighted by atomic mass is 10.3. The molecule has 0 bridgehead atoms. The molecule has 0 aliphatic rings. The van der Waals surface area contributed by atoms with E-state index < -0.39 is 0 Å². The van der Waals surface area contributed by atoms with E-state index in [1.807, 2.05) is 42.2 Å². The molecule has 2 aromatic carbocycles. The van der Waals surface area contributed by atoms with Gasteiger partial charge in [-0.1, -0.05) is 41.1 Å². The Morgan fingerprint density at radius 3 is 2.48 bits per heavy atom. The Morgan fingerprint density at radius 1 is 1.08 bits per heavy atom. The number of anilines is 4. The van der Waals surface area contributed by atoms with Gasteiger partial charge < -0.3 is 10.2 Å². The van der Waals surface area contributed by atoms with Crippen LogP contribution in [0.5, 0.6) is 0 Å². The maximum Gasteiger partial charge on any atom is 0.325 e. The Kier molecular flexibility index (Phi) is 5.47. The fourth-order valence-electron chi connectivity index (χ4n) is 2.20. The monoisotopic (exact) mass is 373 g/mol. The zero-order valence-corrected chi connectivity index (χ0v) is 15.0. The van der Waals surface area contributed by atoms with E-state index in [-0.39, 0.29) is 6.03 Å². The van der Waals surface area contributed by atoms with Crippen molar-refractivity contribution in [2.24, 2.45) is 0 Å². The fraction of sp³-hybridized carbons (Fsp3) is 0.118. The van der Waals surface area contributed by atoms with E-state index in [1.54, 1.807) is 24.3 Å². The van der Waals surface area contributed by atoms with E-state index in [1.165, 1.54) is 11.3 Å². The van der Waals surface area contributed by atoms with E-state index >= 15 is 0 Å². The van der Waals surface area contributed by atoms with E-state index in [4.69, 9.17) is 11.6 Å². The summed E-state index contributed by atoms with van der Waals surface area (Å²) in [7, 11) is 0. The largest absolute Gasteiger partial charge is 0.325 e. The van der Waals surface area contributed by atoms with Crippen LogP contribution in [0.1, 0.15) is 6.92 Å². The van der Waals surface area contributed by atoms with Gasteiger partial charge in [-0.05, 0) is 43.3 Å². The Hall–Kier alpha value is -2.64. The molecule has 0 aliphatic carbocycles. The molecule has 0 unspecified atom stereocenters. The Balaban J connectivity index is 1.66. The first-order valence-electron chi connectivity index (χ1n) is 7.65. The number of nitrogens with one attached hydrogen (secondary N) is 2. The van der Waals surface area contributed by atoms with E-state index in [0.717, 1.165) is 17.4 Å². The third-order valence-corrected chi connectivity index (χ3v) is 4.47. The molecule has 0 fully saturated rings. The van der Waals surface area contributed by atoms with Gasteiger partial charge in [-0.3, -0.25) is 5.32 Å². The lowest BCUT2D eigenvalue weighted by Crippen LogP contribution is -2.19. The third kappa shape index (κ3) is 4.46. The van der Waals surface area contributed by atoms with Gasteiger partial charge in [0, 0.05) is 22.9 Å². The average Bonchev–Trinajstić information content (AvgIpc) is 3.06. The zero-order valence-electron chi connectivity index (χ0n) is 13.4. The molecule has 25 heavy (non-hydrogen) atoms. The highest BCUT2D eigenvalue weighted by Gasteiger charge is 2.14. The smallest absolute Gasteiger partial charge is 0.317 e. The van der Waals surface area contributed by atoms with Crippen molar-refractivity contribution in [1.82, 2.24) is 10.2 Å². The number of rotatable bonds is 5. The first-order chi connectivity index (χ1) is 12.2. The predicted molar refractivity (Wildman–Crippen MR) is 103 cm³/mol. The molecule has 0 atom stereocenters. The quantitative estimate of drug-likeness (QED) is 0.660. The minimum absolute atomic E-state index is 0.382. The van der Waals surface area contributed by atoms with Crippen molar-refractivity contribution in [3.8, 4) is 0 Å². The molecule has 0 saturated carbocycles. The van der Waals surface area contributed by atoms with Crippen LogP contribution < -0.4 is 15.5 Å². The molecule has 3 rings (SSSR count). The van der Waals surface area contributed by atoms with Crippen LogP contribution in [0.25, 0.3) is 0 Å². The van der Waals surface area contributed by atoms with Crippen molar-refractivity contribution in [2.45, 2.75) is 6.92 Å². The van der Waals surface area contributed by atoms with Crippen molar-refractivity contribution in [3.05, 3.63) is 59.6 Å². The van der Waals surface area contributed by atoms with Gasteiger partial charge in [-0.15, -0.1) is 10.2 Å². The molecule has 0 spiro atoms. The number of hydrogen-bond donors (Lipinski definition) is 2. The Bertz CT molecular complexity index is 838. The summed E-state index contributed by atoms with van der Waals surface area (Å²) in [6.45, 7) is 2.78. The topological polar surface area (TPSA) is 70.2 Å². The number of para-hydroxylation sites is 1. The summed E-state index contributed by atoms with van der Waals surface area (Å²) >= 11 is 7.14. The van der Waals surface area contributed by atoms with Crippen LogP contribution in [0.15, 0.2) is 54.6 Å². The normalized spacial score (nSPS) is 10.3. The van der Waals surface area contributed by atoms with Crippen molar-refractivity contribution in [3.63, 3.8) is 0 Å². The van der Waals surface area contributed by atoms with Crippen molar-refractivity contribution in [1.29, 1.82) is 0 Å². The number of nitrogens with zero attached hydrogens (tertiary/aromatic N) is 3. The van der Waals surface area contributed by atoms with E-state index in [9.17, 15) is 4.79 Å². The van der Waals surface area contributed by atoms with Crippen LogP contribution in [0, 0.1) is 0 Å².